The number of aryl methyl sites for hydroxylation is 2. The average molecular weight is 363 g/mol. The van der Waals surface area contributed by atoms with Crippen LogP contribution in [-0.2, 0) is 0 Å². The van der Waals surface area contributed by atoms with Crippen LogP contribution in [0.2, 0.25) is 0 Å². The van der Waals surface area contributed by atoms with E-state index in [2.05, 4.69) is 43.9 Å². The fourth-order valence-electron chi connectivity index (χ4n) is 3.46. The molecule has 3 aromatic heterocycles. The Morgan fingerprint density at radius 1 is 1.15 bits per heavy atom. The second-order valence-electron chi connectivity index (χ2n) is 7.28. The molecule has 0 atom stereocenters. The number of anilines is 1. The van der Waals surface area contributed by atoms with Crippen LogP contribution in [0.5, 0.6) is 0 Å². The number of hydrogen-bond acceptors (Lipinski definition) is 6. The second-order valence-corrected chi connectivity index (χ2v) is 7.28. The maximum Gasteiger partial charge on any atom is 0.223 e. The number of aromatic nitrogens is 5. The summed E-state index contributed by atoms with van der Waals surface area (Å²) in [4.78, 5) is 15.9. The molecule has 1 aliphatic heterocycles. The maximum absolute atomic E-state index is 4.66. The van der Waals surface area contributed by atoms with Crippen LogP contribution in [0, 0.1) is 13.8 Å². The second kappa shape index (κ2) is 7.08. The van der Waals surface area contributed by atoms with Crippen LogP contribution in [0.4, 0.5) is 5.95 Å². The van der Waals surface area contributed by atoms with Crippen molar-refractivity contribution in [2.75, 3.05) is 25.5 Å². The summed E-state index contributed by atoms with van der Waals surface area (Å²) in [6.07, 6.45) is 5.88. The van der Waals surface area contributed by atoms with Gasteiger partial charge in [0.05, 0.1) is 23.3 Å². The van der Waals surface area contributed by atoms with E-state index in [1.165, 1.54) is 0 Å². The van der Waals surface area contributed by atoms with E-state index in [1.807, 2.05) is 42.9 Å². The first kappa shape index (κ1) is 17.6. The molecule has 1 saturated heterocycles. The molecular weight excluding hydrogens is 338 g/mol. The van der Waals surface area contributed by atoms with Crippen molar-refractivity contribution < 1.29 is 0 Å². The van der Waals surface area contributed by atoms with Gasteiger partial charge in [-0.25, -0.2) is 19.5 Å². The fourth-order valence-corrected chi connectivity index (χ4v) is 3.46. The van der Waals surface area contributed by atoms with Gasteiger partial charge in [-0.1, -0.05) is 6.58 Å². The van der Waals surface area contributed by atoms with Crippen LogP contribution in [0.15, 0.2) is 31.1 Å². The van der Waals surface area contributed by atoms with Crippen molar-refractivity contribution in [3.05, 3.63) is 53.8 Å². The summed E-state index contributed by atoms with van der Waals surface area (Å²) in [5.74, 6) is 0.687. The number of nitrogens with zero attached hydrogens (tertiary/aromatic N) is 6. The maximum atomic E-state index is 4.66. The average Bonchev–Trinajstić information content (AvgIpc) is 3.04. The lowest BCUT2D eigenvalue weighted by Gasteiger charge is -2.29. The van der Waals surface area contributed by atoms with E-state index >= 15 is 0 Å². The van der Waals surface area contributed by atoms with Crippen molar-refractivity contribution in [3.63, 3.8) is 0 Å². The minimum absolute atomic E-state index is 0.433. The van der Waals surface area contributed by atoms with Crippen molar-refractivity contribution in [1.82, 2.24) is 29.5 Å². The Hall–Kier alpha value is -2.80. The Balaban J connectivity index is 1.54. The van der Waals surface area contributed by atoms with Crippen molar-refractivity contribution in [1.29, 1.82) is 0 Å². The van der Waals surface area contributed by atoms with Gasteiger partial charge in [-0.3, -0.25) is 0 Å². The van der Waals surface area contributed by atoms with Gasteiger partial charge < -0.3 is 10.2 Å². The number of fused-ring (bicyclic) bond motifs is 1. The molecule has 0 saturated carbocycles. The van der Waals surface area contributed by atoms with E-state index in [0.717, 1.165) is 59.8 Å². The van der Waals surface area contributed by atoms with Crippen molar-refractivity contribution in [3.8, 4) is 0 Å². The highest BCUT2D eigenvalue weighted by Gasteiger charge is 2.18. The van der Waals surface area contributed by atoms with E-state index in [-0.39, 0.29) is 0 Å². The van der Waals surface area contributed by atoms with E-state index in [1.54, 1.807) is 0 Å². The van der Waals surface area contributed by atoms with Crippen LogP contribution in [0.1, 0.15) is 35.5 Å². The predicted octanol–water partition coefficient (Wildman–Crippen LogP) is 2.70. The molecule has 27 heavy (non-hydrogen) atoms. The molecular formula is C20H25N7. The lowest BCUT2D eigenvalue weighted by atomic mass is 10.0. The quantitative estimate of drug-likeness (QED) is 0.768. The highest BCUT2D eigenvalue weighted by Crippen LogP contribution is 2.23. The monoisotopic (exact) mass is 363 g/mol. The lowest BCUT2D eigenvalue weighted by molar-refractivity contribution is 0.263. The molecule has 0 spiro atoms. The molecule has 4 heterocycles. The van der Waals surface area contributed by atoms with E-state index in [9.17, 15) is 0 Å². The summed E-state index contributed by atoms with van der Waals surface area (Å²) in [6.45, 7) is 10.4. The van der Waals surface area contributed by atoms with Gasteiger partial charge in [0.1, 0.15) is 0 Å². The molecule has 7 heteroatoms. The Morgan fingerprint density at radius 2 is 1.93 bits per heavy atom. The molecule has 0 unspecified atom stereocenters. The highest BCUT2D eigenvalue weighted by atomic mass is 15.3. The third-order valence-electron chi connectivity index (χ3n) is 5.20. The van der Waals surface area contributed by atoms with E-state index in [0.29, 0.717) is 12.0 Å². The van der Waals surface area contributed by atoms with Gasteiger partial charge in [-0.05, 0) is 59.0 Å². The molecule has 1 aliphatic rings. The molecule has 0 radical (unpaired) electrons. The zero-order chi connectivity index (χ0) is 19.0. The van der Waals surface area contributed by atoms with E-state index in [4.69, 9.17) is 0 Å². The smallest absolute Gasteiger partial charge is 0.223 e. The lowest BCUT2D eigenvalue weighted by Crippen LogP contribution is -2.37. The summed E-state index contributed by atoms with van der Waals surface area (Å²) in [5, 5.41) is 8.12. The number of imidazole rings is 1. The normalized spacial score (nSPS) is 16.0. The van der Waals surface area contributed by atoms with Gasteiger partial charge in [0, 0.05) is 23.4 Å². The molecule has 0 amide bonds. The van der Waals surface area contributed by atoms with Crippen molar-refractivity contribution in [2.24, 2.45) is 0 Å². The number of nitrogens with one attached hydrogen (secondary N) is 1. The summed E-state index contributed by atoms with van der Waals surface area (Å²) in [7, 11) is 2.16. The Morgan fingerprint density at radius 3 is 2.67 bits per heavy atom. The van der Waals surface area contributed by atoms with Gasteiger partial charge in [0.25, 0.3) is 0 Å². The Labute approximate surface area is 159 Å². The third-order valence-corrected chi connectivity index (χ3v) is 5.20. The van der Waals surface area contributed by atoms with Crippen molar-refractivity contribution in [2.45, 2.75) is 32.7 Å². The number of hydrogen-bond donors (Lipinski definition) is 1. The molecule has 4 rings (SSSR count). The number of piperidine rings is 1. The van der Waals surface area contributed by atoms with Crippen LogP contribution < -0.4 is 5.32 Å². The van der Waals surface area contributed by atoms with Crippen LogP contribution in [0.25, 0.3) is 11.2 Å². The van der Waals surface area contributed by atoms with Crippen molar-refractivity contribution >= 4 is 17.2 Å². The van der Waals surface area contributed by atoms with Crippen LogP contribution in [-0.4, -0.2) is 55.6 Å². The SMILES string of the molecule is C=C(c1ccc2ncc(C)n2n1)c1cnc(NC2CCN(C)CC2)nc1C. The first-order valence-electron chi connectivity index (χ1n) is 9.31. The zero-order valence-corrected chi connectivity index (χ0v) is 16.1. The molecule has 7 nitrogen and oxygen atoms in total. The summed E-state index contributed by atoms with van der Waals surface area (Å²) in [6, 6.07) is 4.32. The minimum Gasteiger partial charge on any atom is -0.351 e. The first-order valence-corrected chi connectivity index (χ1v) is 9.31. The summed E-state index contributed by atoms with van der Waals surface area (Å²) >= 11 is 0. The molecule has 1 fully saturated rings. The predicted molar refractivity (Wildman–Crippen MR) is 107 cm³/mol. The highest BCUT2D eigenvalue weighted by molar-refractivity contribution is 5.77. The largest absolute Gasteiger partial charge is 0.351 e. The van der Waals surface area contributed by atoms with Gasteiger partial charge in [-0.15, -0.1) is 0 Å². The molecule has 0 bridgehead atoms. The van der Waals surface area contributed by atoms with Gasteiger partial charge in [-0.2, -0.15) is 5.10 Å². The van der Waals surface area contributed by atoms with E-state index < -0.39 is 0 Å². The van der Waals surface area contributed by atoms with Gasteiger partial charge in [0.2, 0.25) is 5.95 Å². The van der Waals surface area contributed by atoms with Gasteiger partial charge >= 0.3 is 0 Å². The molecule has 3 aromatic rings. The number of rotatable bonds is 4. The molecule has 140 valence electrons. The summed E-state index contributed by atoms with van der Waals surface area (Å²) in [5.41, 5.74) is 5.24. The first-order chi connectivity index (χ1) is 13.0. The Bertz CT molecular complexity index is 983. The standard InChI is InChI=1S/C20H25N7/c1-13-11-21-19-6-5-18(25-27(13)19)14(2)17-12-22-20(23-15(17)3)24-16-7-9-26(4)10-8-16/h5-6,11-12,16H,2,7-10H2,1,3-4H3,(H,22,23,24). The Kier molecular flexibility index (Phi) is 4.61. The zero-order valence-electron chi connectivity index (χ0n) is 16.1. The van der Waals surface area contributed by atoms with Gasteiger partial charge in [0.15, 0.2) is 5.65 Å². The fraction of sp³-hybridized carbons (Fsp3) is 0.400. The molecule has 0 aliphatic carbocycles. The topological polar surface area (TPSA) is 71.2 Å². The molecule has 0 aromatic carbocycles. The minimum atomic E-state index is 0.433. The number of likely N-dealkylation sites (tertiary alicyclic amines) is 1. The third kappa shape index (κ3) is 3.55. The molecule has 1 N–H and O–H groups in total. The van der Waals surface area contributed by atoms with Crippen LogP contribution >= 0.6 is 0 Å². The van der Waals surface area contributed by atoms with Crippen LogP contribution in [0.3, 0.4) is 0 Å². The summed E-state index contributed by atoms with van der Waals surface area (Å²) < 4.78 is 1.83.